The molecule has 0 saturated carbocycles. The maximum absolute atomic E-state index is 13.2. The smallest absolute Gasteiger partial charge is 0.224 e. The fourth-order valence-electron chi connectivity index (χ4n) is 2.88. The Balaban J connectivity index is 2.03. The summed E-state index contributed by atoms with van der Waals surface area (Å²) in [6, 6.07) is 12.7. The minimum atomic E-state index is -0.734. The first-order valence-corrected chi connectivity index (χ1v) is 9.73. The number of carbonyl (C=O) groups excluding carboxylic acids is 1. The van der Waals surface area contributed by atoms with Gasteiger partial charge in [-0.3, -0.25) is 4.79 Å². The van der Waals surface area contributed by atoms with Gasteiger partial charge < -0.3 is 14.8 Å². The Kier molecular flexibility index (Phi) is 9.10. The molecule has 28 heavy (non-hydrogen) atoms. The molecule has 5 nitrogen and oxygen atoms in total. The fraction of sp³-hybridized carbons (Fsp3) is 0.381. The number of rotatable bonds is 11. The van der Waals surface area contributed by atoms with Crippen LogP contribution in [0, 0.1) is 0 Å². The molecule has 2 aromatic rings. The number of amides is 1. The number of nitrogens with one attached hydrogen (secondary N) is 1. The van der Waals surface area contributed by atoms with Gasteiger partial charge in [0.1, 0.15) is 6.10 Å². The van der Waals surface area contributed by atoms with Crippen molar-refractivity contribution in [2.75, 3.05) is 25.3 Å². The maximum atomic E-state index is 13.2. The lowest BCUT2D eigenvalue weighted by Crippen LogP contribution is -2.12. The summed E-state index contributed by atoms with van der Waals surface area (Å²) in [7, 11) is 3.15. The Bertz CT molecular complexity index is 772. The summed E-state index contributed by atoms with van der Waals surface area (Å²) < 4.78 is 23.8. The van der Waals surface area contributed by atoms with Gasteiger partial charge in [-0.25, -0.2) is 0 Å². The van der Waals surface area contributed by atoms with E-state index in [0.717, 1.165) is 5.56 Å². The van der Waals surface area contributed by atoms with E-state index in [1.54, 1.807) is 38.5 Å². The van der Waals surface area contributed by atoms with E-state index in [9.17, 15) is 9.32 Å². The molecule has 0 radical (unpaired) electrons. The second kappa shape index (κ2) is 11.6. The van der Waals surface area contributed by atoms with Crippen molar-refractivity contribution in [2.24, 2.45) is 0 Å². The summed E-state index contributed by atoms with van der Waals surface area (Å²) >= 11 is 4.10. The minimum Gasteiger partial charge on any atom is -0.493 e. The number of anilines is 1. The van der Waals surface area contributed by atoms with Crippen molar-refractivity contribution in [1.82, 2.24) is 0 Å². The normalized spacial score (nSPS) is 11.7. The van der Waals surface area contributed by atoms with E-state index in [0.29, 0.717) is 54.2 Å². The summed E-state index contributed by atoms with van der Waals surface area (Å²) in [4.78, 5) is 16.1. The molecule has 7 heteroatoms. The van der Waals surface area contributed by atoms with Crippen LogP contribution in [0.4, 0.5) is 10.2 Å². The van der Waals surface area contributed by atoms with Gasteiger partial charge in [-0.2, -0.15) is 17.6 Å². The number of benzene rings is 2. The van der Waals surface area contributed by atoms with E-state index in [-0.39, 0.29) is 5.91 Å². The van der Waals surface area contributed by atoms with Crippen LogP contribution >= 0.6 is 12.6 Å². The first-order valence-electron chi connectivity index (χ1n) is 9.10. The first kappa shape index (κ1) is 22.0. The van der Waals surface area contributed by atoms with Crippen LogP contribution in [0.25, 0.3) is 0 Å². The second-order valence-electron chi connectivity index (χ2n) is 6.31. The van der Waals surface area contributed by atoms with Gasteiger partial charge in [0.2, 0.25) is 5.91 Å². The lowest BCUT2D eigenvalue weighted by Gasteiger charge is -2.15. The van der Waals surface area contributed by atoms with Gasteiger partial charge in [-0.15, -0.1) is 0 Å². The summed E-state index contributed by atoms with van der Waals surface area (Å²) in [5.74, 6) is 1.84. The van der Waals surface area contributed by atoms with Crippen LogP contribution in [0.5, 0.6) is 11.5 Å². The average molecular weight is 408 g/mol. The minimum absolute atomic E-state index is 0.0887. The van der Waals surface area contributed by atoms with Crippen molar-refractivity contribution < 1.29 is 23.7 Å². The van der Waals surface area contributed by atoms with Gasteiger partial charge in [-0.05, 0) is 64.9 Å². The Hall–Kier alpha value is -2.25. The standard InChI is InChI=1S/C21H26FNO4S/c1-25-19-11-9-15(13-20(19)26-2)8-10-18(27-22)16-5-3-6-17(14-16)23-21(24)7-4-12-28/h3,5-6,9,11,13-14,18,28H,4,7-8,10,12H2,1-2H3,(H,23,24). The Labute approximate surface area is 170 Å². The molecule has 0 fully saturated rings. The van der Waals surface area contributed by atoms with Crippen molar-refractivity contribution in [3.8, 4) is 11.5 Å². The van der Waals surface area contributed by atoms with E-state index in [4.69, 9.17) is 9.47 Å². The molecular weight excluding hydrogens is 381 g/mol. The Morgan fingerprint density at radius 1 is 1.14 bits per heavy atom. The zero-order chi connectivity index (χ0) is 20.4. The van der Waals surface area contributed by atoms with Crippen LogP contribution in [-0.4, -0.2) is 25.9 Å². The number of ether oxygens (including phenoxy) is 2. The third-order valence-corrected chi connectivity index (χ3v) is 4.67. The average Bonchev–Trinajstić information content (AvgIpc) is 2.72. The third-order valence-electron chi connectivity index (χ3n) is 4.35. The molecule has 2 rings (SSSR count). The van der Waals surface area contributed by atoms with Crippen LogP contribution in [-0.2, 0) is 16.2 Å². The maximum Gasteiger partial charge on any atom is 0.224 e. The topological polar surface area (TPSA) is 56.8 Å². The van der Waals surface area contributed by atoms with Crippen LogP contribution < -0.4 is 14.8 Å². The van der Waals surface area contributed by atoms with E-state index in [1.165, 1.54) is 0 Å². The second-order valence-corrected chi connectivity index (χ2v) is 6.75. The summed E-state index contributed by atoms with van der Waals surface area (Å²) in [5, 5.41) is 2.82. The Morgan fingerprint density at radius 3 is 2.61 bits per heavy atom. The zero-order valence-electron chi connectivity index (χ0n) is 16.1. The van der Waals surface area contributed by atoms with Gasteiger partial charge in [0.15, 0.2) is 11.5 Å². The van der Waals surface area contributed by atoms with Gasteiger partial charge in [-0.1, -0.05) is 18.2 Å². The molecule has 1 N–H and O–H groups in total. The highest BCUT2D eigenvalue weighted by Crippen LogP contribution is 2.30. The summed E-state index contributed by atoms with van der Waals surface area (Å²) in [6.07, 6.45) is 1.39. The number of hydrogen-bond donors (Lipinski definition) is 2. The van der Waals surface area contributed by atoms with Gasteiger partial charge >= 0.3 is 0 Å². The molecule has 2 aromatic carbocycles. The predicted octanol–water partition coefficient (Wildman–Crippen LogP) is 4.93. The molecule has 0 spiro atoms. The van der Waals surface area contributed by atoms with Crippen molar-refractivity contribution >= 4 is 24.2 Å². The molecule has 0 saturated heterocycles. The molecule has 152 valence electrons. The molecule has 0 aliphatic rings. The molecule has 0 aromatic heterocycles. The van der Waals surface area contributed by atoms with E-state index in [1.807, 2.05) is 18.2 Å². The number of thiol groups is 1. The van der Waals surface area contributed by atoms with Crippen molar-refractivity contribution in [2.45, 2.75) is 31.8 Å². The molecule has 1 amide bonds. The van der Waals surface area contributed by atoms with Crippen LogP contribution in [0.15, 0.2) is 42.5 Å². The monoisotopic (exact) mass is 407 g/mol. The molecule has 0 heterocycles. The summed E-state index contributed by atoms with van der Waals surface area (Å²) in [5.41, 5.74) is 2.26. The van der Waals surface area contributed by atoms with Crippen molar-refractivity contribution in [1.29, 1.82) is 0 Å². The van der Waals surface area contributed by atoms with Gasteiger partial charge in [0, 0.05) is 12.1 Å². The first-order chi connectivity index (χ1) is 13.6. The van der Waals surface area contributed by atoms with Gasteiger partial charge in [0.05, 0.1) is 14.2 Å². The highest BCUT2D eigenvalue weighted by Gasteiger charge is 2.15. The lowest BCUT2D eigenvalue weighted by atomic mass is 10.0. The number of halogens is 1. The molecule has 0 aliphatic carbocycles. The fourth-order valence-corrected chi connectivity index (χ4v) is 3.03. The Morgan fingerprint density at radius 2 is 1.93 bits per heavy atom. The van der Waals surface area contributed by atoms with Gasteiger partial charge in [0.25, 0.3) is 0 Å². The third kappa shape index (κ3) is 6.42. The van der Waals surface area contributed by atoms with Crippen molar-refractivity contribution in [3.63, 3.8) is 0 Å². The number of aryl methyl sites for hydroxylation is 1. The SMILES string of the molecule is COc1ccc(CCC(OF)c2cccc(NC(=O)CCCS)c2)cc1OC. The molecule has 1 unspecified atom stereocenters. The largest absolute Gasteiger partial charge is 0.493 e. The summed E-state index contributed by atoms with van der Waals surface area (Å²) in [6.45, 7) is 0. The van der Waals surface area contributed by atoms with Crippen LogP contribution in [0.2, 0.25) is 0 Å². The highest BCUT2D eigenvalue weighted by atomic mass is 32.1. The number of hydrogen-bond acceptors (Lipinski definition) is 5. The lowest BCUT2D eigenvalue weighted by molar-refractivity contribution is -0.183. The van der Waals surface area contributed by atoms with E-state index >= 15 is 0 Å². The predicted molar refractivity (Wildman–Crippen MR) is 111 cm³/mol. The van der Waals surface area contributed by atoms with Crippen molar-refractivity contribution in [3.05, 3.63) is 53.6 Å². The molecule has 1 atom stereocenters. The van der Waals surface area contributed by atoms with E-state index < -0.39 is 6.10 Å². The number of methoxy groups -OCH3 is 2. The van der Waals surface area contributed by atoms with Crippen LogP contribution in [0.1, 0.15) is 36.5 Å². The zero-order valence-corrected chi connectivity index (χ0v) is 17.0. The quantitative estimate of drug-likeness (QED) is 0.519. The molecule has 0 bridgehead atoms. The van der Waals surface area contributed by atoms with E-state index in [2.05, 4.69) is 22.9 Å². The molecular formula is C21H26FNO4S. The molecule has 0 aliphatic heterocycles. The highest BCUT2D eigenvalue weighted by molar-refractivity contribution is 7.80. The van der Waals surface area contributed by atoms with Crippen LogP contribution in [0.3, 0.4) is 0 Å². The number of carbonyl (C=O) groups is 1.